The first-order valence-electron chi connectivity index (χ1n) is 8.18. The van der Waals surface area contributed by atoms with Crippen LogP contribution in [-0.4, -0.2) is 39.2 Å². The van der Waals surface area contributed by atoms with E-state index in [0.29, 0.717) is 5.92 Å². The molecule has 1 fully saturated rings. The highest BCUT2D eigenvalue weighted by Crippen LogP contribution is 2.31. The molecule has 1 atom stereocenters. The summed E-state index contributed by atoms with van der Waals surface area (Å²) in [5, 5.41) is 13.1. The third-order valence-electron chi connectivity index (χ3n) is 3.50. The van der Waals surface area contributed by atoms with Gasteiger partial charge in [0, 0.05) is 11.8 Å². The van der Waals surface area contributed by atoms with Gasteiger partial charge in [-0.3, -0.25) is 10.1 Å². The molecule has 0 aliphatic heterocycles. The SMILES string of the molecule is CC(C)CSc1nnc(S[C@@H](C)C(=O)NC(=O)NC2CCCC2)s1. The molecular formula is C15H24N4O2S3. The van der Waals surface area contributed by atoms with Crippen molar-refractivity contribution >= 4 is 46.8 Å². The number of urea groups is 1. The monoisotopic (exact) mass is 388 g/mol. The fourth-order valence-electron chi connectivity index (χ4n) is 2.25. The van der Waals surface area contributed by atoms with E-state index in [2.05, 4.69) is 34.7 Å². The molecule has 1 aliphatic rings. The number of imide groups is 1. The Morgan fingerprint density at radius 2 is 1.88 bits per heavy atom. The predicted octanol–water partition coefficient (Wildman–Crippen LogP) is 3.54. The predicted molar refractivity (Wildman–Crippen MR) is 99.7 cm³/mol. The fraction of sp³-hybridized carbons (Fsp3) is 0.733. The van der Waals surface area contributed by atoms with Gasteiger partial charge < -0.3 is 5.32 Å². The molecule has 24 heavy (non-hydrogen) atoms. The maximum atomic E-state index is 12.1. The lowest BCUT2D eigenvalue weighted by Gasteiger charge is -2.14. The summed E-state index contributed by atoms with van der Waals surface area (Å²) in [6.45, 7) is 6.09. The lowest BCUT2D eigenvalue weighted by Crippen LogP contribution is -2.45. The van der Waals surface area contributed by atoms with Gasteiger partial charge in [0.2, 0.25) is 5.91 Å². The quantitative estimate of drug-likeness (QED) is 0.695. The van der Waals surface area contributed by atoms with Gasteiger partial charge >= 0.3 is 6.03 Å². The van der Waals surface area contributed by atoms with Crippen LogP contribution < -0.4 is 10.6 Å². The number of amides is 3. The van der Waals surface area contributed by atoms with E-state index in [1.54, 1.807) is 18.7 Å². The lowest BCUT2D eigenvalue weighted by atomic mass is 10.2. The van der Waals surface area contributed by atoms with Gasteiger partial charge in [-0.05, 0) is 25.7 Å². The molecular weight excluding hydrogens is 364 g/mol. The summed E-state index contributed by atoms with van der Waals surface area (Å²) in [7, 11) is 0. The molecule has 0 aromatic carbocycles. The molecule has 2 N–H and O–H groups in total. The largest absolute Gasteiger partial charge is 0.335 e. The van der Waals surface area contributed by atoms with Crippen LogP contribution in [0, 0.1) is 5.92 Å². The van der Waals surface area contributed by atoms with Crippen molar-refractivity contribution in [1.29, 1.82) is 0 Å². The Morgan fingerprint density at radius 3 is 2.54 bits per heavy atom. The minimum atomic E-state index is -0.398. The van der Waals surface area contributed by atoms with Gasteiger partial charge in [-0.15, -0.1) is 10.2 Å². The Bertz CT molecular complexity index is 559. The Labute approximate surface area is 155 Å². The molecule has 6 nitrogen and oxygen atoms in total. The first kappa shape index (κ1) is 19.5. The molecule has 0 radical (unpaired) electrons. The van der Waals surface area contributed by atoms with Gasteiger partial charge in [-0.1, -0.05) is 61.5 Å². The van der Waals surface area contributed by atoms with Crippen molar-refractivity contribution in [1.82, 2.24) is 20.8 Å². The highest BCUT2D eigenvalue weighted by atomic mass is 32.2. The first-order chi connectivity index (χ1) is 11.4. The highest BCUT2D eigenvalue weighted by molar-refractivity contribution is 8.03. The van der Waals surface area contributed by atoms with Crippen molar-refractivity contribution < 1.29 is 9.59 Å². The van der Waals surface area contributed by atoms with E-state index in [-0.39, 0.29) is 11.9 Å². The van der Waals surface area contributed by atoms with Crippen molar-refractivity contribution in [2.75, 3.05) is 5.75 Å². The molecule has 0 unspecified atom stereocenters. The van der Waals surface area contributed by atoms with Gasteiger partial charge in [0.15, 0.2) is 8.68 Å². The number of rotatable bonds is 7. The molecule has 134 valence electrons. The Hall–Kier alpha value is -0.800. The summed E-state index contributed by atoms with van der Waals surface area (Å²) in [6, 6.07) is -0.200. The van der Waals surface area contributed by atoms with E-state index in [0.717, 1.165) is 40.1 Å². The zero-order valence-electron chi connectivity index (χ0n) is 14.2. The number of nitrogens with one attached hydrogen (secondary N) is 2. The van der Waals surface area contributed by atoms with Crippen LogP contribution in [0.4, 0.5) is 4.79 Å². The molecule has 0 bridgehead atoms. The van der Waals surface area contributed by atoms with Crippen LogP contribution in [-0.2, 0) is 4.79 Å². The second-order valence-corrected chi connectivity index (χ2v) is 10.1. The van der Waals surface area contributed by atoms with Gasteiger partial charge in [0.05, 0.1) is 5.25 Å². The van der Waals surface area contributed by atoms with E-state index in [1.807, 2.05) is 0 Å². The lowest BCUT2D eigenvalue weighted by molar-refractivity contribution is -0.119. The number of carbonyl (C=O) groups excluding carboxylic acids is 2. The van der Waals surface area contributed by atoms with E-state index in [1.165, 1.54) is 23.1 Å². The zero-order chi connectivity index (χ0) is 17.5. The smallest absolute Gasteiger partial charge is 0.321 e. The molecule has 0 saturated heterocycles. The summed E-state index contributed by atoms with van der Waals surface area (Å²) in [5.41, 5.74) is 0. The molecule has 2 rings (SSSR count). The Kier molecular flexibility index (Phi) is 7.83. The van der Waals surface area contributed by atoms with Gasteiger partial charge in [-0.2, -0.15) is 0 Å². The van der Waals surface area contributed by atoms with Crippen LogP contribution >= 0.6 is 34.9 Å². The van der Waals surface area contributed by atoms with Crippen LogP contribution in [0.1, 0.15) is 46.5 Å². The third-order valence-corrected chi connectivity index (χ3v) is 7.17. The van der Waals surface area contributed by atoms with E-state index < -0.39 is 11.3 Å². The Morgan fingerprint density at radius 1 is 1.21 bits per heavy atom. The van der Waals surface area contributed by atoms with E-state index >= 15 is 0 Å². The summed E-state index contributed by atoms with van der Waals surface area (Å²) >= 11 is 4.50. The summed E-state index contributed by atoms with van der Waals surface area (Å²) < 4.78 is 1.66. The second kappa shape index (κ2) is 9.62. The standard InChI is InChI=1S/C15H24N4O2S3/c1-9(2)8-22-14-18-19-15(24-14)23-10(3)12(20)17-13(21)16-11-6-4-5-7-11/h9-11H,4-8H2,1-3H3,(H2,16,17,20,21)/t10-/m0/s1. The molecule has 1 aromatic rings. The number of nitrogens with zero attached hydrogens (tertiary/aromatic N) is 2. The van der Waals surface area contributed by atoms with Crippen LogP contribution in [0.25, 0.3) is 0 Å². The van der Waals surface area contributed by atoms with Crippen molar-refractivity contribution in [3.8, 4) is 0 Å². The topological polar surface area (TPSA) is 84.0 Å². The average molecular weight is 389 g/mol. The minimum Gasteiger partial charge on any atom is -0.335 e. The molecule has 1 heterocycles. The van der Waals surface area contributed by atoms with E-state index in [4.69, 9.17) is 0 Å². The molecule has 9 heteroatoms. The molecule has 3 amide bonds. The summed E-state index contributed by atoms with van der Waals surface area (Å²) in [5.74, 6) is 1.29. The van der Waals surface area contributed by atoms with Crippen molar-refractivity contribution in [3.63, 3.8) is 0 Å². The first-order valence-corrected chi connectivity index (χ1v) is 10.9. The molecule has 0 spiro atoms. The zero-order valence-corrected chi connectivity index (χ0v) is 16.7. The number of hydrogen-bond acceptors (Lipinski definition) is 7. The van der Waals surface area contributed by atoms with Crippen molar-refractivity contribution in [3.05, 3.63) is 0 Å². The van der Waals surface area contributed by atoms with Crippen LogP contribution in [0.15, 0.2) is 8.68 Å². The van der Waals surface area contributed by atoms with Crippen molar-refractivity contribution in [2.24, 2.45) is 5.92 Å². The second-order valence-electron chi connectivity index (χ2n) is 6.24. The highest BCUT2D eigenvalue weighted by Gasteiger charge is 2.22. The summed E-state index contributed by atoms with van der Waals surface area (Å²) in [4.78, 5) is 24.0. The number of hydrogen-bond donors (Lipinski definition) is 2. The molecule has 1 saturated carbocycles. The third kappa shape index (κ3) is 6.60. The van der Waals surface area contributed by atoms with Gasteiger partial charge in [-0.25, -0.2) is 4.79 Å². The van der Waals surface area contributed by atoms with E-state index in [9.17, 15) is 9.59 Å². The van der Waals surface area contributed by atoms with Crippen molar-refractivity contribution in [2.45, 2.75) is 66.4 Å². The normalized spacial score (nSPS) is 16.3. The minimum absolute atomic E-state index is 0.199. The van der Waals surface area contributed by atoms with Crippen LogP contribution in [0.3, 0.4) is 0 Å². The maximum absolute atomic E-state index is 12.1. The van der Waals surface area contributed by atoms with Crippen LogP contribution in [0.2, 0.25) is 0 Å². The molecule has 1 aromatic heterocycles. The maximum Gasteiger partial charge on any atom is 0.321 e. The number of thioether (sulfide) groups is 2. The number of aromatic nitrogens is 2. The molecule has 1 aliphatic carbocycles. The van der Waals surface area contributed by atoms with Crippen LogP contribution in [0.5, 0.6) is 0 Å². The van der Waals surface area contributed by atoms with Gasteiger partial charge in [0.25, 0.3) is 0 Å². The fourth-order valence-corrected chi connectivity index (χ4v) is 5.39. The Balaban J connectivity index is 1.75. The van der Waals surface area contributed by atoms with Gasteiger partial charge in [0.1, 0.15) is 0 Å². The average Bonchev–Trinajstić information content (AvgIpc) is 3.16. The number of carbonyl (C=O) groups is 2. The summed E-state index contributed by atoms with van der Waals surface area (Å²) in [6.07, 6.45) is 4.26.